The molecule has 0 spiro atoms. The number of nitrogens with two attached hydrogens (primary N) is 1. The van der Waals surface area contributed by atoms with Crippen LogP contribution < -0.4 is 5.73 Å². The number of aromatic nitrogens is 3. The van der Waals surface area contributed by atoms with Crippen LogP contribution in [0.4, 0.5) is 0 Å². The third kappa shape index (κ3) is 3.36. The first-order chi connectivity index (χ1) is 8.69. The molecule has 0 amide bonds. The molecule has 0 bridgehead atoms. The summed E-state index contributed by atoms with van der Waals surface area (Å²) in [7, 11) is 0. The van der Waals surface area contributed by atoms with Crippen molar-refractivity contribution in [2.45, 2.75) is 26.7 Å². The minimum absolute atomic E-state index is 0.397. The Morgan fingerprint density at radius 2 is 2.28 bits per heavy atom. The normalized spacial score (nSPS) is 13.1. The summed E-state index contributed by atoms with van der Waals surface area (Å²) in [6.45, 7) is 5.03. The first-order valence-corrected chi connectivity index (χ1v) is 7.04. The third-order valence-electron chi connectivity index (χ3n) is 2.73. The van der Waals surface area contributed by atoms with E-state index < -0.39 is 0 Å². The van der Waals surface area contributed by atoms with E-state index >= 15 is 0 Å². The van der Waals surface area contributed by atoms with Gasteiger partial charge in [0.25, 0.3) is 0 Å². The fourth-order valence-corrected chi connectivity index (χ4v) is 2.47. The molecule has 2 aromatic heterocycles. The highest BCUT2D eigenvalue weighted by atomic mass is 32.1. The summed E-state index contributed by atoms with van der Waals surface area (Å²) in [6.07, 6.45) is 1.82. The van der Waals surface area contributed by atoms with Crippen LogP contribution >= 0.6 is 11.3 Å². The predicted octanol–water partition coefficient (Wildman–Crippen LogP) is 2.36. The van der Waals surface area contributed by atoms with Crippen LogP contribution in [0.3, 0.4) is 0 Å². The van der Waals surface area contributed by atoms with Gasteiger partial charge < -0.3 is 10.3 Å². The largest absolute Gasteiger partial charge is 0.339 e. The first-order valence-electron chi connectivity index (χ1n) is 6.10. The fourth-order valence-electron chi connectivity index (χ4n) is 1.94. The molecule has 0 saturated heterocycles. The summed E-state index contributed by atoms with van der Waals surface area (Å²) in [6, 6.07) is 0. The van der Waals surface area contributed by atoms with Crippen LogP contribution in [0.15, 0.2) is 15.4 Å². The lowest BCUT2D eigenvalue weighted by Crippen LogP contribution is -2.19. The number of hydrogen-bond donors (Lipinski definition) is 1. The summed E-state index contributed by atoms with van der Waals surface area (Å²) in [5, 5.41) is 5.85. The van der Waals surface area contributed by atoms with Crippen LogP contribution in [-0.2, 0) is 6.42 Å². The minimum Gasteiger partial charge on any atom is -0.339 e. The maximum atomic E-state index is 5.77. The Morgan fingerprint density at radius 3 is 2.89 bits per heavy atom. The zero-order valence-electron chi connectivity index (χ0n) is 10.7. The molecule has 0 radical (unpaired) electrons. The second-order valence-electron chi connectivity index (χ2n) is 4.82. The highest BCUT2D eigenvalue weighted by Gasteiger charge is 2.16. The summed E-state index contributed by atoms with van der Waals surface area (Å²) in [5.41, 5.74) is 8.29. The SMILES string of the molecule is CC(C)C[C@H](CN)Cc1nc(-c2cscn2)no1. The van der Waals surface area contributed by atoms with Gasteiger partial charge in [-0.15, -0.1) is 11.3 Å². The quantitative estimate of drug-likeness (QED) is 0.868. The molecule has 98 valence electrons. The van der Waals surface area contributed by atoms with E-state index in [1.54, 1.807) is 5.51 Å². The van der Waals surface area contributed by atoms with Crippen LogP contribution in [0.1, 0.15) is 26.2 Å². The Kier molecular flexibility index (Phi) is 4.43. The highest BCUT2D eigenvalue weighted by Crippen LogP contribution is 2.19. The average Bonchev–Trinajstić information content (AvgIpc) is 2.97. The lowest BCUT2D eigenvalue weighted by Gasteiger charge is -2.14. The van der Waals surface area contributed by atoms with Crippen molar-refractivity contribution >= 4 is 11.3 Å². The molecule has 0 saturated carbocycles. The smallest absolute Gasteiger partial charge is 0.227 e. The Labute approximate surface area is 110 Å². The lowest BCUT2D eigenvalue weighted by atomic mass is 9.94. The van der Waals surface area contributed by atoms with Crippen LogP contribution in [0.2, 0.25) is 0 Å². The second kappa shape index (κ2) is 6.06. The van der Waals surface area contributed by atoms with Crippen LogP contribution in [0.5, 0.6) is 0 Å². The van der Waals surface area contributed by atoms with Gasteiger partial charge in [-0.3, -0.25) is 0 Å². The Hall–Kier alpha value is -1.27. The Morgan fingerprint density at radius 1 is 1.44 bits per heavy atom. The Bertz CT molecular complexity index is 466. The topological polar surface area (TPSA) is 77.8 Å². The molecule has 0 aliphatic rings. The third-order valence-corrected chi connectivity index (χ3v) is 3.32. The van der Waals surface area contributed by atoms with Crippen molar-refractivity contribution in [3.8, 4) is 11.5 Å². The van der Waals surface area contributed by atoms with Gasteiger partial charge in [-0.1, -0.05) is 19.0 Å². The molecule has 1 atom stereocenters. The summed E-state index contributed by atoms with van der Waals surface area (Å²) in [4.78, 5) is 8.51. The van der Waals surface area contributed by atoms with Crippen molar-refractivity contribution in [2.75, 3.05) is 6.54 Å². The first kappa shape index (κ1) is 13.2. The van der Waals surface area contributed by atoms with Crippen molar-refractivity contribution < 1.29 is 4.52 Å². The van der Waals surface area contributed by atoms with Gasteiger partial charge in [-0.2, -0.15) is 4.98 Å². The predicted molar refractivity (Wildman–Crippen MR) is 71.1 cm³/mol. The van der Waals surface area contributed by atoms with Gasteiger partial charge in [0.05, 0.1) is 5.51 Å². The van der Waals surface area contributed by atoms with E-state index in [1.807, 2.05) is 5.38 Å². The molecular weight excluding hydrogens is 248 g/mol. The summed E-state index contributed by atoms with van der Waals surface area (Å²) < 4.78 is 5.25. The van der Waals surface area contributed by atoms with Crippen molar-refractivity contribution in [1.82, 2.24) is 15.1 Å². The van der Waals surface area contributed by atoms with E-state index in [4.69, 9.17) is 10.3 Å². The van der Waals surface area contributed by atoms with Crippen molar-refractivity contribution in [3.63, 3.8) is 0 Å². The molecule has 5 nitrogen and oxygen atoms in total. The molecule has 2 aromatic rings. The highest BCUT2D eigenvalue weighted by molar-refractivity contribution is 7.07. The van der Waals surface area contributed by atoms with Crippen molar-refractivity contribution in [3.05, 3.63) is 16.8 Å². The van der Waals surface area contributed by atoms with Crippen molar-refractivity contribution in [2.24, 2.45) is 17.6 Å². The Balaban J connectivity index is 2.01. The molecule has 0 unspecified atom stereocenters. The molecule has 2 heterocycles. The van der Waals surface area contributed by atoms with Gasteiger partial charge in [0, 0.05) is 11.8 Å². The zero-order valence-corrected chi connectivity index (χ0v) is 11.5. The fraction of sp³-hybridized carbons (Fsp3) is 0.583. The van der Waals surface area contributed by atoms with Crippen LogP contribution in [0.25, 0.3) is 11.5 Å². The molecule has 6 heteroatoms. The molecule has 0 aliphatic carbocycles. The van der Waals surface area contributed by atoms with E-state index in [2.05, 4.69) is 29.0 Å². The summed E-state index contributed by atoms with van der Waals surface area (Å²) in [5.74, 6) is 2.23. The van der Waals surface area contributed by atoms with Crippen molar-refractivity contribution in [1.29, 1.82) is 0 Å². The van der Waals surface area contributed by atoms with Gasteiger partial charge in [-0.25, -0.2) is 4.98 Å². The van der Waals surface area contributed by atoms with E-state index in [1.165, 1.54) is 11.3 Å². The molecule has 2 rings (SSSR count). The maximum Gasteiger partial charge on any atom is 0.227 e. The molecular formula is C12H18N4OS. The van der Waals surface area contributed by atoms with Gasteiger partial charge >= 0.3 is 0 Å². The lowest BCUT2D eigenvalue weighted by molar-refractivity contribution is 0.332. The van der Waals surface area contributed by atoms with Gasteiger partial charge in [-0.05, 0) is 24.8 Å². The minimum atomic E-state index is 0.397. The molecule has 18 heavy (non-hydrogen) atoms. The maximum absolute atomic E-state index is 5.77. The van der Waals surface area contributed by atoms with Crippen LogP contribution in [0, 0.1) is 11.8 Å². The molecule has 0 aromatic carbocycles. The second-order valence-corrected chi connectivity index (χ2v) is 5.54. The van der Waals surface area contributed by atoms with Gasteiger partial charge in [0.1, 0.15) is 5.69 Å². The molecule has 0 fully saturated rings. The van der Waals surface area contributed by atoms with Gasteiger partial charge in [0.15, 0.2) is 0 Å². The average molecular weight is 266 g/mol. The van der Waals surface area contributed by atoms with Gasteiger partial charge in [0.2, 0.25) is 11.7 Å². The number of nitrogens with zero attached hydrogens (tertiary/aromatic N) is 3. The standard InChI is InChI=1S/C12H18N4OS/c1-8(2)3-9(5-13)4-11-15-12(16-17-11)10-6-18-7-14-10/h6-9H,3-5,13H2,1-2H3/t9-/m0/s1. The van der Waals surface area contributed by atoms with E-state index in [9.17, 15) is 0 Å². The van der Waals surface area contributed by atoms with E-state index in [0.717, 1.165) is 18.5 Å². The van der Waals surface area contributed by atoms with E-state index in [0.29, 0.717) is 30.1 Å². The molecule has 2 N–H and O–H groups in total. The van der Waals surface area contributed by atoms with Crippen LogP contribution in [-0.4, -0.2) is 21.7 Å². The number of hydrogen-bond acceptors (Lipinski definition) is 6. The monoisotopic (exact) mass is 266 g/mol. The summed E-state index contributed by atoms with van der Waals surface area (Å²) >= 11 is 1.52. The number of thiazole rings is 1. The van der Waals surface area contributed by atoms with E-state index in [-0.39, 0.29) is 0 Å². The zero-order chi connectivity index (χ0) is 13.0. The number of rotatable bonds is 6. The molecule has 0 aliphatic heterocycles.